The van der Waals surface area contributed by atoms with Gasteiger partial charge in [0.2, 0.25) is 0 Å². The van der Waals surface area contributed by atoms with Crippen LogP contribution in [-0.4, -0.2) is 14.9 Å². The van der Waals surface area contributed by atoms with Crippen molar-refractivity contribution in [2.24, 2.45) is 0 Å². The van der Waals surface area contributed by atoms with Gasteiger partial charge < -0.3 is 10.6 Å². The summed E-state index contributed by atoms with van der Waals surface area (Å²) >= 11 is 11.3. The molecule has 2 rings (SSSR count). The second-order valence-corrected chi connectivity index (χ2v) is 5.63. The zero-order valence-corrected chi connectivity index (χ0v) is 14.0. The van der Waals surface area contributed by atoms with E-state index in [4.69, 9.17) is 23.8 Å². The number of aromatic nitrogens is 2. The topological polar surface area (TPSA) is 41.9 Å². The van der Waals surface area contributed by atoms with Gasteiger partial charge in [0.25, 0.3) is 0 Å². The maximum Gasteiger partial charge on any atom is 0.171 e. The zero-order chi connectivity index (χ0) is 15.4. The lowest BCUT2D eigenvalue weighted by atomic mass is 10.2. The van der Waals surface area contributed by atoms with Crippen LogP contribution in [0.5, 0.6) is 0 Å². The average Bonchev–Trinajstić information content (AvgIpc) is 2.71. The first-order chi connectivity index (χ1) is 10.0. The highest BCUT2D eigenvalue weighted by atomic mass is 35.5. The summed E-state index contributed by atoms with van der Waals surface area (Å²) in [5, 5.41) is 12.1. The molecule has 1 aromatic heterocycles. The predicted octanol–water partition coefficient (Wildman–Crippen LogP) is 3.66. The summed E-state index contributed by atoms with van der Waals surface area (Å²) in [5.74, 6) is 0. The van der Waals surface area contributed by atoms with E-state index in [1.165, 1.54) is 11.3 Å². The molecular weight excluding hydrogens is 304 g/mol. The third-order valence-electron chi connectivity index (χ3n) is 3.34. The molecule has 1 heterocycles. The van der Waals surface area contributed by atoms with E-state index in [1.807, 2.05) is 35.9 Å². The van der Waals surface area contributed by atoms with E-state index in [-0.39, 0.29) is 0 Å². The molecule has 2 aromatic rings. The number of anilines is 1. The minimum atomic E-state index is 0.570. The Labute approximate surface area is 135 Å². The number of nitrogens with zero attached hydrogens (tertiary/aromatic N) is 2. The summed E-state index contributed by atoms with van der Waals surface area (Å²) in [6.45, 7) is 7.71. The van der Waals surface area contributed by atoms with Gasteiger partial charge in [0.05, 0.1) is 5.69 Å². The van der Waals surface area contributed by atoms with Gasteiger partial charge in [0, 0.05) is 35.1 Å². The van der Waals surface area contributed by atoms with E-state index >= 15 is 0 Å². The Balaban J connectivity index is 1.97. The van der Waals surface area contributed by atoms with Gasteiger partial charge in [-0.2, -0.15) is 5.10 Å². The molecule has 0 unspecified atom stereocenters. The van der Waals surface area contributed by atoms with Crippen molar-refractivity contribution in [1.29, 1.82) is 0 Å². The van der Waals surface area contributed by atoms with Crippen molar-refractivity contribution >= 4 is 34.6 Å². The summed E-state index contributed by atoms with van der Waals surface area (Å²) < 4.78 is 2.00. The molecule has 4 nitrogen and oxygen atoms in total. The first-order valence-corrected chi connectivity index (χ1v) is 7.63. The Morgan fingerprint density at radius 1 is 1.38 bits per heavy atom. The number of benzene rings is 1. The Bertz CT molecular complexity index is 651. The molecular formula is C15H19ClN4S. The number of hydrogen-bond donors (Lipinski definition) is 2. The standard InChI is InChI=1S/C15H19ClN4S/c1-4-20-11(3)14(10(2)19-20)9-17-15(21)18-13-7-5-6-12(16)8-13/h5-8H,4,9H2,1-3H3,(H2,17,18,21). The van der Waals surface area contributed by atoms with Gasteiger partial charge in [-0.05, 0) is 51.2 Å². The van der Waals surface area contributed by atoms with E-state index in [9.17, 15) is 0 Å². The second-order valence-electron chi connectivity index (χ2n) is 4.78. The van der Waals surface area contributed by atoms with Crippen molar-refractivity contribution in [2.45, 2.75) is 33.9 Å². The lowest BCUT2D eigenvalue weighted by Gasteiger charge is -2.11. The van der Waals surface area contributed by atoms with Crippen molar-refractivity contribution in [3.8, 4) is 0 Å². The molecule has 0 atom stereocenters. The van der Waals surface area contributed by atoms with Crippen LogP contribution in [0.4, 0.5) is 5.69 Å². The normalized spacial score (nSPS) is 10.5. The van der Waals surface area contributed by atoms with Gasteiger partial charge in [-0.25, -0.2) is 0 Å². The van der Waals surface area contributed by atoms with Crippen LogP contribution in [0.15, 0.2) is 24.3 Å². The molecule has 1 aromatic carbocycles. The smallest absolute Gasteiger partial charge is 0.171 e. The van der Waals surface area contributed by atoms with Crippen molar-refractivity contribution < 1.29 is 0 Å². The SMILES string of the molecule is CCn1nc(C)c(CNC(=S)Nc2cccc(Cl)c2)c1C. The first kappa shape index (κ1) is 15.8. The molecule has 6 heteroatoms. The minimum absolute atomic E-state index is 0.570. The lowest BCUT2D eigenvalue weighted by Crippen LogP contribution is -2.28. The molecule has 0 spiro atoms. The zero-order valence-electron chi connectivity index (χ0n) is 12.4. The van der Waals surface area contributed by atoms with Crippen LogP contribution in [0.1, 0.15) is 23.9 Å². The molecule has 0 amide bonds. The van der Waals surface area contributed by atoms with E-state index in [0.717, 1.165) is 17.9 Å². The van der Waals surface area contributed by atoms with Crippen molar-refractivity contribution in [3.05, 3.63) is 46.2 Å². The number of hydrogen-bond acceptors (Lipinski definition) is 2. The number of aryl methyl sites for hydroxylation is 2. The Hall–Kier alpha value is -1.59. The third kappa shape index (κ3) is 3.95. The molecule has 0 fully saturated rings. The van der Waals surface area contributed by atoms with E-state index in [2.05, 4.69) is 29.6 Å². The monoisotopic (exact) mass is 322 g/mol. The van der Waals surface area contributed by atoms with Gasteiger partial charge in [-0.1, -0.05) is 17.7 Å². The van der Waals surface area contributed by atoms with Crippen LogP contribution in [-0.2, 0) is 13.1 Å². The lowest BCUT2D eigenvalue weighted by molar-refractivity contribution is 0.633. The van der Waals surface area contributed by atoms with Crippen LogP contribution >= 0.6 is 23.8 Å². The highest BCUT2D eigenvalue weighted by Crippen LogP contribution is 2.15. The highest BCUT2D eigenvalue weighted by Gasteiger charge is 2.10. The van der Waals surface area contributed by atoms with Crippen molar-refractivity contribution in [1.82, 2.24) is 15.1 Å². The van der Waals surface area contributed by atoms with Crippen LogP contribution in [0.25, 0.3) is 0 Å². The highest BCUT2D eigenvalue weighted by molar-refractivity contribution is 7.80. The average molecular weight is 323 g/mol. The summed E-state index contributed by atoms with van der Waals surface area (Å²) in [7, 11) is 0. The third-order valence-corrected chi connectivity index (χ3v) is 3.82. The van der Waals surface area contributed by atoms with E-state index in [1.54, 1.807) is 0 Å². The van der Waals surface area contributed by atoms with Gasteiger partial charge in [0.1, 0.15) is 0 Å². The molecule has 0 bridgehead atoms. The summed E-state index contributed by atoms with van der Waals surface area (Å²) in [6, 6.07) is 7.47. The molecule has 0 saturated heterocycles. The predicted molar refractivity (Wildman–Crippen MR) is 91.9 cm³/mol. The van der Waals surface area contributed by atoms with E-state index in [0.29, 0.717) is 16.7 Å². The molecule has 0 radical (unpaired) electrons. The maximum absolute atomic E-state index is 5.95. The molecule has 21 heavy (non-hydrogen) atoms. The molecule has 2 N–H and O–H groups in total. The van der Waals surface area contributed by atoms with Crippen molar-refractivity contribution in [3.63, 3.8) is 0 Å². The summed E-state index contributed by atoms with van der Waals surface area (Å²) in [4.78, 5) is 0. The number of rotatable bonds is 4. The fourth-order valence-electron chi connectivity index (χ4n) is 2.21. The molecule has 0 aliphatic heterocycles. The van der Waals surface area contributed by atoms with Gasteiger partial charge in [-0.3, -0.25) is 4.68 Å². The van der Waals surface area contributed by atoms with Crippen LogP contribution in [0.3, 0.4) is 0 Å². The maximum atomic E-state index is 5.95. The number of halogens is 1. The quantitative estimate of drug-likeness (QED) is 0.843. The van der Waals surface area contributed by atoms with Gasteiger partial charge in [0.15, 0.2) is 5.11 Å². The fourth-order valence-corrected chi connectivity index (χ4v) is 2.59. The van der Waals surface area contributed by atoms with Crippen LogP contribution in [0, 0.1) is 13.8 Å². The minimum Gasteiger partial charge on any atom is -0.358 e. The van der Waals surface area contributed by atoms with Crippen LogP contribution < -0.4 is 10.6 Å². The first-order valence-electron chi connectivity index (χ1n) is 6.84. The Morgan fingerprint density at radius 2 is 2.14 bits per heavy atom. The number of nitrogens with one attached hydrogen (secondary N) is 2. The van der Waals surface area contributed by atoms with E-state index < -0.39 is 0 Å². The second kappa shape index (κ2) is 6.91. The largest absolute Gasteiger partial charge is 0.358 e. The molecule has 0 saturated carbocycles. The fraction of sp³-hybridized carbons (Fsp3) is 0.333. The molecule has 0 aliphatic carbocycles. The van der Waals surface area contributed by atoms with Gasteiger partial charge in [-0.15, -0.1) is 0 Å². The Kier molecular flexibility index (Phi) is 5.20. The van der Waals surface area contributed by atoms with Crippen molar-refractivity contribution in [2.75, 3.05) is 5.32 Å². The summed E-state index contributed by atoms with van der Waals surface area (Å²) in [6.07, 6.45) is 0. The summed E-state index contributed by atoms with van der Waals surface area (Å²) in [5.41, 5.74) is 4.27. The number of thiocarbonyl (C=S) groups is 1. The van der Waals surface area contributed by atoms with Gasteiger partial charge >= 0.3 is 0 Å². The molecule has 112 valence electrons. The Morgan fingerprint density at radius 3 is 2.76 bits per heavy atom. The van der Waals surface area contributed by atoms with Crippen LogP contribution in [0.2, 0.25) is 5.02 Å². The molecule has 0 aliphatic rings.